The zero-order valence-corrected chi connectivity index (χ0v) is 14.0. The molecule has 1 aromatic carbocycles. The van der Waals surface area contributed by atoms with Crippen LogP contribution in [0.5, 0.6) is 5.75 Å². The number of aromatic nitrogens is 2. The lowest BCUT2D eigenvalue weighted by Crippen LogP contribution is -2.10. The molecule has 0 amide bonds. The molecule has 6 nitrogen and oxygen atoms in total. The fourth-order valence-corrected chi connectivity index (χ4v) is 2.84. The number of carbonyl (C=O) groups excluding carboxylic acids is 1. The highest BCUT2D eigenvalue weighted by Gasteiger charge is 2.13. The molecule has 0 aliphatic rings. The van der Waals surface area contributed by atoms with E-state index in [-0.39, 0.29) is 18.3 Å². The number of esters is 1. The van der Waals surface area contributed by atoms with Gasteiger partial charge in [0.2, 0.25) is 0 Å². The van der Waals surface area contributed by atoms with E-state index < -0.39 is 0 Å². The van der Waals surface area contributed by atoms with Crippen molar-refractivity contribution < 1.29 is 19.4 Å². The number of aliphatic hydroxyl groups is 1. The Bertz CT molecular complexity index is 640. The lowest BCUT2D eigenvalue weighted by molar-refractivity contribution is -0.139. The van der Waals surface area contributed by atoms with Crippen LogP contribution in [-0.2, 0) is 22.7 Å². The van der Waals surface area contributed by atoms with Crippen molar-refractivity contribution in [2.45, 2.75) is 25.2 Å². The van der Waals surface area contributed by atoms with Crippen LogP contribution >= 0.6 is 11.8 Å². The summed E-state index contributed by atoms with van der Waals surface area (Å²) in [6.45, 7) is 2.59. The Labute approximate surface area is 139 Å². The maximum atomic E-state index is 11.5. The molecule has 1 heterocycles. The molecule has 0 unspecified atom stereocenters. The van der Waals surface area contributed by atoms with Crippen LogP contribution in [0.3, 0.4) is 0 Å². The molecule has 1 aromatic heterocycles. The summed E-state index contributed by atoms with van der Waals surface area (Å²) in [5, 5.41) is 10.2. The van der Waals surface area contributed by atoms with Gasteiger partial charge >= 0.3 is 5.97 Å². The molecule has 124 valence electrons. The first-order valence-corrected chi connectivity index (χ1v) is 8.23. The number of benzene rings is 1. The number of imidazole rings is 1. The number of carbonyl (C=O) groups is 1. The van der Waals surface area contributed by atoms with Gasteiger partial charge in [-0.25, -0.2) is 4.98 Å². The van der Waals surface area contributed by atoms with Gasteiger partial charge in [-0.2, -0.15) is 0 Å². The van der Waals surface area contributed by atoms with Crippen molar-refractivity contribution in [3.05, 3.63) is 41.7 Å². The average molecular weight is 336 g/mol. The van der Waals surface area contributed by atoms with Crippen LogP contribution in [0.4, 0.5) is 0 Å². The zero-order valence-electron chi connectivity index (χ0n) is 13.2. The zero-order chi connectivity index (χ0) is 16.7. The third-order valence-corrected chi connectivity index (χ3v) is 4.15. The number of hydrogen-bond acceptors (Lipinski definition) is 6. The quantitative estimate of drug-likeness (QED) is 0.588. The molecule has 0 spiro atoms. The number of hydrogen-bond donors (Lipinski definition) is 1. The standard InChI is InChI=1S/C16H20N2O4S/c1-3-22-15(20)11-23-16-17-8-13(10-19)18(16)9-12-4-6-14(21-2)7-5-12/h4-8,19H,3,9-11H2,1-2H3. The highest BCUT2D eigenvalue weighted by Crippen LogP contribution is 2.21. The first kappa shape index (κ1) is 17.4. The van der Waals surface area contributed by atoms with Gasteiger partial charge < -0.3 is 19.1 Å². The molecular formula is C16H20N2O4S. The molecule has 7 heteroatoms. The number of aliphatic hydroxyl groups excluding tert-OH is 1. The third kappa shape index (κ3) is 4.74. The van der Waals surface area contributed by atoms with Crippen molar-refractivity contribution in [2.24, 2.45) is 0 Å². The second-order valence-corrected chi connectivity index (χ2v) is 5.66. The monoisotopic (exact) mass is 336 g/mol. The Morgan fingerprint density at radius 1 is 1.35 bits per heavy atom. The van der Waals surface area contributed by atoms with Gasteiger partial charge in [0.15, 0.2) is 5.16 Å². The van der Waals surface area contributed by atoms with E-state index in [0.29, 0.717) is 24.0 Å². The van der Waals surface area contributed by atoms with Crippen LogP contribution in [-0.4, -0.2) is 40.1 Å². The largest absolute Gasteiger partial charge is 0.497 e. The van der Waals surface area contributed by atoms with E-state index in [1.807, 2.05) is 28.8 Å². The van der Waals surface area contributed by atoms with Crippen molar-refractivity contribution in [2.75, 3.05) is 19.5 Å². The molecular weight excluding hydrogens is 316 g/mol. The average Bonchev–Trinajstić information content (AvgIpc) is 2.96. The van der Waals surface area contributed by atoms with Crippen LogP contribution < -0.4 is 4.74 Å². The van der Waals surface area contributed by atoms with Crippen LogP contribution in [0.25, 0.3) is 0 Å². The predicted molar refractivity (Wildman–Crippen MR) is 87.6 cm³/mol. The van der Waals surface area contributed by atoms with Gasteiger partial charge in [-0.3, -0.25) is 4.79 Å². The number of methoxy groups -OCH3 is 1. The molecule has 0 saturated carbocycles. The Morgan fingerprint density at radius 2 is 2.09 bits per heavy atom. The van der Waals surface area contributed by atoms with Crippen LogP contribution in [0, 0.1) is 0 Å². The minimum atomic E-state index is -0.276. The van der Waals surface area contributed by atoms with Crippen molar-refractivity contribution in [3.63, 3.8) is 0 Å². The van der Waals surface area contributed by atoms with E-state index in [9.17, 15) is 9.90 Å². The Kier molecular flexibility index (Phi) is 6.49. The number of thioether (sulfide) groups is 1. The van der Waals surface area contributed by atoms with Crippen molar-refractivity contribution in [3.8, 4) is 5.75 Å². The smallest absolute Gasteiger partial charge is 0.316 e. The number of nitrogens with zero attached hydrogens (tertiary/aromatic N) is 2. The normalized spacial score (nSPS) is 10.6. The molecule has 2 aromatic rings. The maximum absolute atomic E-state index is 11.5. The van der Waals surface area contributed by atoms with E-state index in [0.717, 1.165) is 11.3 Å². The molecule has 0 radical (unpaired) electrons. The van der Waals surface area contributed by atoms with Gasteiger partial charge in [-0.05, 0) is 24.6 Å². The molecule has 0 aliphatic carbocycles. The summed E-state index contributed by atoms with van der Waals surface area (Å²) < 4.78 is 12.0. The first-order valence-electron chi connectivity index (χ1n) is 7.24. The summed E-state index contributed by atoms with van der Waals surface area (Å²) in [6, 6.07) is 7.69. The minimum Gasteiger partial charge on any atom is -0.497 e. The van der Waals surface area contributed by atoms with Gasteiger partial charge in [-0.15, -0.1) is 0 Å². The Hall–Kier alpha value is -1.99. The Morgan fingerprint density at radius 3 is 2.70 bits per heavy atom. The summed E-state index contributed by atoms with van der Waals surface area (Å²) in [4.78, 5) is 15.8. The lowest BCUT2D eigenvalue weighted by atomic mass is 10.2. The topological polar surface area (TPSA) is 73.6 Å². The second-order valence-electron chi connectivity index (χ2n) is 4.72. The summed E-state index contributed by atoms with van der Waals surface area (Å²) in [6.07, 6.45) is 1.62. The Balaban J connectivity index is 2.12. The summed E-state index contributed by atoms with van der Waals surface area (Å²) in [5.74, 6) is 0.707. The number of rotatable bonds is 8. The third-order valence-electron chi connectivity index (χ3n) is 3.19. The van der Waals surface area contributed by atoms with Gasteiger partial charge in [-0.1, -0.05) is 23.9 Å². The fourth-order valence-electron chi connectivity index (χ4n) is 2.04. The van der Waals surface area contributed by atoms with Crippen LogP contribution in [0.2, 0.25) is 0 Å². The maximum Gasteiger partial charge on any atom is 0.316 e. The predicted octanol–water partition coefficient (Wildman–Crippen LogP) is 2.09. The molecule has 0 fully saturated rings. The number of ether oxygens (including phenoxy) is 2. The molecule has 0 aliphatic heterocycles. The van der Waals surface area contributed by atoms with E-state index >= 15 is 0 Å². The molecule has 2 rings (SSSR count). The van der Waals surface area contributed by atoms with Gasteiger partial charge in [0, 0.05) is 6.54 Å². The van der Waals surface area contributed by atoms with Gasteiger partial charge in [0.1, 0.15) is 5.75 Å². The van der Waals surface area contributed by atoms with E-state index in [1.165, 1.54) is 11.8 Å². The van der Waals surface area contributed by atoms with E-state index in [2.05, 4.69) is 4.98 Å². The van der Waals surface area contributed by atoms with E-state index in [1.54, 1.807) is 20.2 Å². The molecule has 1 N–H and O–H groups in total. The van der Waals surface area contributed by atoms with Gasteiger partial charge in [0.05, 0.1) is 38.0 Å². The van der Waals surface area contributed by atoms with E-state index in [4.69, 9.17) is 9.47 Å². The summed E-state index contributed by atoms with van der Waals surface area (Å²) >= 11 is 1.30. The summed E-state index contributed by atoms with van der Waals surface area (Å²) in [5.41, 5.74) is 1.75. The summed E-state index contributed by atoms with van der Waals surface area (Å²) in [7, 11) is 1.62. The van der Waals surface area contributed by atoms with Crippen molar-refractivity contribution in [1.82, 2.24) is 9.55 Å². The highest BCUT2D eigenvalue weighted by molar-refractivity contribution is 7.99. The SMILES string of the molecule is CCOC(=O)CSc1ncc(CO)n1Cc1ccc(OC)cc1. The molecule has 0 atom stereocenters. The minimum absolute atomic E-state index is 0.108. The molecule has 0 bridgehead atoms. The molecule has 0 saturated heterocycles. The van der Waals surface area contributed by atoms with Crippen LogP contribution in [0.1, 0.15) is 18.2 Å². The second kappa shape index (κ2) is 8.59. The lowest BCUT2D eigenvalue weighted by Gasteiger charge is -2.11. The van der Waals surface area contributed by atoms with Crippen molar-refractivity contribution in [1.29, 1.82) is 0 Å². The van der Waals surface area contributed by atoms with Crippen LogP contribution in [0.15, 0.2) is 35.6 Å². The van der Waals surface area contributed by atoms with Gasteiger partial charge in [0.25, 0.3) is 0 Å². The fraction of sp³-hybridized carbons (Fsp3) is 0.375. The first-order chi connectivity index (χ1) is 11.2. The highest BCUT2D eigenvalue weighted by atomic mass is 32.2. The van der Waals surface area contributed by atoms with Crippen molar-refractivity contribution >= 4 is 17.7 Å². The molecule has 23 heavy (non-hydrogen) atoms.